The Morgan fingerprint density at radius 2 is 2.21 bits per heavy atom. The van der Waals surface area contributed by atoms with Crippen LogP contribution < -0.4 is 10.1 Å². The number of pyridine rings is 1. The number of anilines is 1. The van der Waals surface area contributed by atoms with Crippen molar-refractivity contribution in [1.82, 2.24) is 4.98 Å². The minimum atomic E-state index is -0.403. The Morgan fingerprint density at radius 3 is 2.79 bits per heavy atom. The average molecular weight is 190 g/mol. The van der Waals surface area contributed by atoms with Crippen molar-refractivity contribution in [3.63, 3.8) is 0 Å². The van der Waals surface area contributed by atoms with Crippen molar-refractivity contribution in [2.45, 2.75) is 19.4 Å². The third-order valence-corrected chi connectivity index (χ3v) is 1.73. The summed E-state index contributed by atoms with van der Waals surface area (Å²) in [7, 11) is 1.58. The van der Waals surface area contributed by atoms with Gasteiger partial charge in [0.2, 0.25) is 5.88 Å². The molecule has 3 heteroatoms. The van der Waals surface area contributed by atoms with E-state index in [1.54, 1.807) is 13.2 Å². The lowest BCUT2D eigenvalue weighted by Gasteiger charge is -2.20. The monoisotopic (exact) mass is 190 g/mol. The molecule has 1 aromatic rings. The maximum atomic E-state index is 5.35. The van der Waals surface area contributed by atoms with Crippen LogP contribution >= 0.6 is 0 Å². The SMILES string of the molecule is C#CC(C)(C)Nc1cccc(OC)n1. The molecule has 0 radical (unpaired) electrons. The fraction of sp³-hybridized carbons (Fsp3) is 0.364. The molecular weight excluding hydrogens is 176 g/mol. The van der Waals surface area contributed by atoms with Crippen LogP contribution in [0, 0.1) is 12.3 Å². The Morgan fingerprint density at radius 1 is 1.50 bits per heavy atom. The van der Waals surface area contributed by atoms with Gasteiger partial charge in [0.25, 0.3) is 0 Å². The highest BCUT2D eigenvalue weighted by molar-refractivity contribution is 5.42. The Hall–Kier alpha value is -1.69. The number of terminal acetylenes is 1. The summed E-state index contributed by atoms with van der Waals surface area (Å²) in [6.07, 6.45) is 5.35. The van der Waals surface area contributed by atoms with Crippen molar-refractivity contribution >= 4 is 5.82 Å². The highest BCUT2D eigenvalue weighted by atomic mass is 16.5. The van der Waals surface area contributed by atoms with E-state index < -0.39 is 5.54 Å². The zero-order chi connectivity index (χ0) is 10.6. The van der Waals surface area contributed by atoms with Gasteiger partial charge in [0.05, 0.1) is 12.6 Å². The van der Waals surface area contributed by atoms with Crippen molar-refractivity contribution in [3.05, 3.63) is 18.2 Å². The zero-order valence-corrected chi connectivity index (χ0v) is 8.66. The molecule has 0 fully saturated rings. The maximum absolute atomic E-state index is 5.35. The first kappa shape index (κ1) is 10.4. The maximum Gasteiger partial charge on any atom is 0.214 e. The standard InChI is InChI=1S/C11H14N2O/c1-5-11(2,3)13-9-7-6-8-10(12-9)14-4/h1,6-8H,2-4H3,(H,12,13). The summed E-state index contributed by atoms with van der Waals surface area (Å²) in [5, 5.41) is 3.12. The Balaban J connectivity index is 2.83. The van der Waals surface area contributed by atoms with Crippen molar-refractivity contribution < 1.29 is 4.74 Å². The first-order chi connectivity index (χ1) is 6.57. The van der Waals surface area contributed by atoms with E-state index in [1.165, 1.54) is 0 Å². The minimum Gasteiger partial charge on any atom is -0.481 e. The van der Waals surface area contributed by atoms with E-state index in [0.29, 0.717) is 11.7 Å². The molecular formula is C11H14N2O. The molecule has 1 aromatic heterocycles. The molecule has 0 unspecified atom stereocenters. The molecule has 0 aliphatic heterocycles. The predicted molar refractivity (Wildman–Crippen MR) is 57.3 cm³/mol. The number of rotatable bonds is 3. The van der Waals surface area contributed by atoms with Crippen LogP contribution in [0.2, 0.25) is 0 Å². The first-order valence-corrected chi connectivity index (χ1v) is 4.34. The summed E-state index contributed by atoms with van der Waals surface area (Å²) in [4.78, 5) is 4.20. The second-order valence-electron chi connectivity index (χ2n) is 3.46. The molecule has 0 saturated heterocycles. The van der Waals surface area contributed by atoms with E-state index in [-0.39, 0.29) is 0 Å². The van der Waals surface area contributed by atoms with E-state index in [2.05, 4.69) is 16.2 Å². The summed E-state index contributed by atoms with van der Waals surface area (Å²) in [5.74, 6) is 3.92. The fourth-order valence-corrected chi connectivity index (χ4v) is 0.954. The Bertz CT molecular complexity index is 353. The normalized spacial score (nSPS) is 10.4. The lowest BCUT2D eigenvalue weighted by molar-refractivity contribution is 0.398. The average Bonchev–Trinajstić information content (AvgIpc) is 2.17. The molecule has 14 heavy (non-hydrogen) atoms. The highest BCUT2D eigenvalue weighted by Gasteiger charge is 2.13. The van der Waals surface area contributed by atoms with Crippen LogP contribution in [0.25, 0.3) is 0 Å². The molecule has 0 spiro atoms. The second kappa shape index (κ2) is 4.01. The number of aromatic nitrogens is 1. The van der Waals surface area contributed by atoms with E-state index in [9.17, 15) is 0 Å². The molecule has 1 rings (SSSR count). The van der Waals surface area contributed by atoms with Gasteiger partial charge in [-0.25, -0.2) is 0 Å². The van der Waals surface area contributed by atoms with Gasteiger partial charge < -0.3 is 10.1 Å². The van der Waals surface area contributed by atoms with Crippen LogP contribution in [-0.2, 0) is 0 Å². The van der Waals surface area contributed by atoms with Gasteiger partial charge in [-0.3, -0.25) is 0 Å². The summed E-state index contributed by atoms with van der Waals surface area (Å²) in [6.45, 7) is 3.82. The lowest BCUT2D eigenvalue weighted by Crippen LogP contribution is -2.28. The first-order valence-electron chi connectivity index (χ1n) is 4.34. The number of ether oxygens (including phenoxy) is 1. The third kappa shape index (κ3) is 2.67. The lowest BCUT2D eigenvalue weighted by atomic mass is 10.1. The number of hydrogen-bond acceptors (Lipinski definition) is 3. The van der Waals surface area contributed by atoms with Gasteiger partial charge in [-0.1, -0.05) is 12.0 Å². The van der Waals surface area contributed by atoms with Crippen LogP contribution in [0.15, 0.2) is 18.2 Å². The molecule has 0 aliphatic rings. The van der Waals surface area contributed by atoms with Gasteiger partial charge in [0.1, 0.15) is 5.82 Å². The fourth-order valence-electron chi connectivity index (χ4n) is 0.954. The summed E-state index contributed by atoms with van der Waals surface area (Å²) < 4.78 is 5.00. The molecule has 0 aliphatic carbocycles. The van der Waals surface area contributed by atoms with Crippen LogP contribution in [0.1, 0.15) is 13.8 Å². The smallest absolute Gasteiger partial charge is 0.214 e. The van der Waals surface area contributed by atoms with Crippen molar-refractivity contribution in [1.29, 1.82) is 0 Å². The van der Waals surface area contributed by atoms with Gasteiger partial charge >= 0.3 is 0 Å². The van der Waals surface area contributed by atoms with Gasteiger partial charge in [0.15, 0.2) is 0 Å². The largest absolute Gasteiger partial charge is 0.481 e. The number of methoxy groups -OCH3 is 1. The quantitative estimate of drug-likeness (QED) is 0.739. The minimum absolute atomic E-state index is 0.403. The summed E-state index contributed by atoms with van der Waals surface area (Å²) in [5.41, 5.74) is -0.403. The number of nitrogens with one attached hydrogen (secondary N) is 1. The summed E-state index contributed by atoms with van der Waals surface area (Å²) >= 11 is 0. The number of hydrogen-bond donors (Lipinski definition) is 1. The summed E-state index contributed by atoms with van der Waals surface area (Å²) in [6, 6.07) is 5.50. The van der Waals surface area contributed by atoms with Gasteiger partial charge in [-0.05, 0) is 19.9 Å². The van der Waals surface area contributed by atoms with Crippen molar-refractivity contribution in [2.75, 3.05) is 12.4 Å². The molecule has 1 N–H and O–H groups in total. The van der Waals surface area contributed by atoms with Crippen LogP contribution in [0.5, 0.6) is 5.88 Å². The van der Waals surface area contributed by atoms with Crippen LogP contribution in [0.3, 0.4) is 0 Å². The molecule has 0 amide bonds. The van der Waals surface area contributed by atoms with Crippen LogP contribution in [-0.4, -0.2) is 17.6 Å². The van der Waals surface area contributed by atoms with Crippen molar-refractivity contribution in [3.8, 4) is 18.2 Å². The van der Waals surface area contributed by atoms with Crippen molar-refractivity contribution in [2.24, 2.45) is 0 Å². The van der Waals surface area contributed by atoms with Gasteiger partial charge in [-0.2, -0.15) is 4.98 Å². The van der Waals surface area contributed by atoms with Crippen LogP contribution in [0.4, 0.5) is 5.82 Å². The molecule has 74 valence electrons. The second-order valence-corrected chi connectivity index (χ2v) is 3.46. The molecule has 3 nitrogen and oxygen atoms in total. The molecule has 0 bridgehead atoms. The molecule has 1 heterocycles. The topological polar surface area (TPSA) is 34.1 Å². The zero-order valence-electron chi connectivity index (χ0n) is 8.66. The van der Waals surface area contributed by atoms with E-state index in [0.717, 1.165) is 0 Å². The van der Waals surface area contributed by atoms with E-state index in [4.69, 9.17) is 11.2 Å². The Kier molecular flexibility index (Phi) is 2.98. The molecule has 0 atom stereocenters. The molecule has 0 saturated carbocycles. The van der Waals surface area contributed by atoms with Gasteiger partial charge in [0, 0.05) is 6.07 Å². The Labute approximate surface area is 84.5 Å². The van der Waals surface area contributed by atoms with Gasteiger partial charge in [-0.15, -0.1) is 6.42 Å². The van der Waals surface area contributed by atoms with E-state index >= 15 is 0 Å². The number of nitrogens with zero attached hydrogens (tertiary/aromatic N) is 1. The van der Waals surface area contributed by atoms with E-state index in [1.807, 2.05) is 26.0 Å². The molecule has 0 aromatic carbocycles. The highest BCUT2D eigenvalue weighted by Crippen LogP contribution is 2.15. The predicted octanol–water partition coefficient (Wildman–Crippen LogP) is 1.91. The third-order valence-electron chi connectivity index (χ3n) is 1.73.